The Hall–Kier alpha value is 0.0300. The molecule has 2 aromatic rings. The van der Waals surface area contributed by atoms with Gasteiger partial charge in [0.25, 0.3) is 0 Å². The second kappa shape index (κ2) is 4.61. The zero-order valence-corrected chi connectivity index (χ0v) is 13.9. The molecule has 2 nitrogen and oxygen atoms in total. The molecule has 90 valence electrons. The summed E-state index contributed by atoms with van der Waals surface area (Å²) in [6.07, 6.45) is 0. The minimum absolute atomic E-state index is 0.546. The van der Waals surface area contributed by atoms with Crippen LogP contribution in [-0.4, -0.2) is 9.97 Å². The fraction of sp³-hybridized carbons (Fsp3) is 0.273. The topological polar surface area (TPSA) is 28.7 Å². The molecule has 1 heterocycles. The lowest BCUT2D eigenvalue weighted by Gasteiger charge is -2.16. The molecule has 0 saturated carbocycles. The molecule has 0 fully saturated rings. The van der Waals surface area contributed by atoms with E-state index in [4.69, 9.17) is 23.8 Å². The number of fused-ring (bicyclic) bond motifs is 1. The highest BCUT2D eigenvalue weighted by Gasteiger charge is 2.20. The first-order valence-corrected chi connectivity index (χ1v) is 7.25. The standard InChI is InChI=1S/C11H9Br2ClN2S/c1-11(2,14)10-15-8-6(9(17)16-10)3-5(12)4-7(8)13/h3-4H,1-2H3,(H,15,16,17). The van der Waals surface area contributed by atoms with Crippen LogP contribution in [0, 0.1) is 4.64 Å². The number of rotatable bonds is 1. The van der Waals surface area contributed by atoms with E-state index in [2.05, 4.69) is 41.8 Å². The molecule has 1 aromatic heterocycles. The van der Waals surface area contributed by atoms with Crippen molar-refractivity contribution in [2.75, 3.05) is 0 Å². The summed E-state index contributed by atoms with van der Waals surface area (Å²) in [5.74, 6) is 0.666. The van der Waals surface area contributed by atoms with Crippen LogP contribution < -0.4 is 0 Å². The van der Waals surface area contributed by atoms with Gasteiger partial charge in [0.2, 0.25) is 0 Å². The summed E-state index contributed by atoms with van der Waals surface area (Å²) in [6.45, 7) is 3.75. The van der Waals surface area contributed by atoms with Gasteiger partial charge < -0.3 is 4.98 Å². The number of nitrogens with zero attached hydrogens (tertiary/aromatic N) is 1. The van der Waals surface area contributed by atoms with Gasteiger partial charge in [-0.15, -0.1) is 11.6 Å². The van der Waals surface area contributed by atoms with Gasteiger partial charge in [-0.05, 0) is 41.9 Å². The number of alkyl halides is 1. The van der Waals surface area contributed by atoms with Crippen LogP contribution in [0.15, 0.2) is 21.1 Å². The summed E-state index contributed by atoms with van der Waals surface area (Å²) >= 11 is 18.5. The van der Waals surface area contributed by atoms with Gasteiger partial charge in [-0.1, -0.05) is 28.1 Å². The molecule has 0 aliphatic heterocycles. The lowest BCUT2D eigenvalue weighted by atomic mass is 10.2. The van der Waals surface area contributed by atoms with Gasteiger partial charge in [-0.3, -0.25) is 0 Å². The van der Waals surface area contributed by atoms with Crippen molar-refractivity contribution in [3.05, 3.63) is 31.5 Å². The van der Waals surface area contributed by atoms with Gasteiger partial charge >= 0.3 is 0 Å². The van der Waals surface area contributed by atoms with Crippen LogP contribution in [0.2, 0.25) is 0 Å². The molecule has 0 aliphatic carbocycles. The zero-order valence-electron chi connectivity index (χ0n) is 9.14. The third kappa shape index (κ3) is 2.72. The number of nitrogens with one attached hydrogen (secondary N) is 1. The molecule has 0 saturated heterocycles. The summed E-state index contributed by atoms with van der Waals surface area (Å²) in [6, 6.07) is 3.90. The molecule has 0 unspecified atom stereocenters. The van der Waals surface area contributed by atoms with E-state index in [-0.39, 0.29) is 0 Å². The average molecular weight is 397 g/mol. The fourth-order valence-electron chi connectivity index (χ4n) is 1.46. The van der Waals surface area contributed by atoms with Crippen LogP contribution in [0.4, 0.5) is 0 Å². The van der Waals surface area contributed by atoms with Crippen molar-refractivity contribution in [1.82, 2.24) is 9.97 Å². The maximum atomic E-state index is 6.25. The van der Waals surface area contributed by atoms with Crippen LogP contribution in [0.1, 0.15) is 19.7 Å². The van der Waals surface area contributed by atoms with Crippen LogP contribution >= 0.6 is 55.7 Å². The number of H-pyrrole nitrogens is 1. The maximum absolute atomic E-state index is 6.25. The van der Waals surface area contributed by atoms with Crippen molar-refractivity contribution in [2.24, 2.45) is 0 Å². The van der Waals surface area contributed by atoms with Crippen molar-refractivity contribution in [2.45, 2.75) is 18.7 Å². The maximum Gasteiger partial charge on any atom is 0.137 e. The largest absolute Gasteiger partial charge is 0.341 e. The Balaban J connectivity index is 2.88. The number of hydrogen-bond donors (Lipinski definition) is 1. The van der Waals surface area contributed by atoms with Crippen LogP contribution in [-0.2, 0) is 4.87 Å². The Morgan fingerprint density at radius 2 is 2.00 bits per heavy atom. The first kappa shape index (κ1) is 13.5. The minimum atomic E-state index is -0.575. The van der Waals surface area contributed by atoms with E-state index in [9.17, 15) is 0 Å². The first-order valence-electron chi connectivity index (χ1n) is 4.87. The summed E-state index contributed by atoms with van der Waals surface area (Å²) in [5.41, 5.74) is 0.914. The molecular weight excluding hydrogens is 387 g/mol. The van der Waals surface area contributed by atoms with Crippen LogP contribution in [0.5, 0.6) is 0 Å². The molecule has 1 N–H and O–H groups in total. The van der Waals surface area contributed by atoms with E-state index >= 15 is 0 Å². The van der Waals surface area contributed by atoms with Crippen molar-refractivity contribution < 1.29 is 0 Å². The Labute approximate surface area is 126 Å². The normalized spacial score (nSPS) is 12.1. The lowest BCUT2D eigenvalue weighted by molar-refractivity contribution is 0.698. The van der Waals surface area contributed by atoms with E-state index in [1.165, 1.54) is 0 Å². The Kier molecular flexibility index (Phi) is 3.65. The molecule has 0 amide bonds. The van der Waals surface area contributed by atoms with Crippen molar-refractivity contribution in [1.29, 1.82) is 0 Å². The highest BCUT2D eigenvalue weighted by molar-refractivity contribution is 9.11. The molecule has 1 aromatic carbocycles. The summed E-state index contributed by atoms with van der Waals surface area (Å²) < 4.78 is 2.43. The van der Waals surface area contributed by atoms with Gasteiger partial charge in [0, 0.05) is 14.3 Å². The van der Waals surface area contributed by atoms with Crippen LogP contribution in [0.3, 0.4) is 0 Å². The minimum Gasteiger partial charge on any atom is -0.341 e. The van der Waals surface area contributed by atoms with Crippen molar-refractivity contribution in [3.8, 4) is 0 Å². The highest BCUT2D eigenvalue weighted by atomic mass is 79.9. The average Bonchev–Trinajstić information content (AvgIpc) is 2.17. The van der Waals surface area contributed by atoms with Crippen LogP contribution in [0.25, 0.3) is 10.9 Å². The highest BCUT2D eigenvalue weighted by Crippen LogP contribution is 2.31. The molecule has 0 atom stereocenters. The van der Waals surface area contributed by atoms with Gasteiger partial charge in [0.1, 0.15) is 10.5 Å². The third-order valence-corrected chi connectivity index (χ3v) is 3.88. The Morgan fingerprint density at radius 3 is 2.59 bits per heavy atom. The van der Waals surface area contributed by atoms with E-state index < -0.39 is 4.87 Å². The monoisotopic (exact) mass is 394 g/mol. The van der Waals surface area contributed by atoms with E-state index in [1.807, 2.05) is 26.0 Å². The number of aromatic amines is 1. The predicted molar refractivity (Wildman–Crippen MR) is 81.2 cm³/mol. The number of aromatic nitrogens is 2. The third-order valence-electron chi connectivity index (χ3n) is 2.31. The van der Waals surface area contributed by atoms with Gasteiger partial charge in [-0.2, -0.15) is 0 Å². The second-order valence-electron chi connectivity index (χ2n) is 4.17. The van der Waals surface area contributed by atoms with E-state index in [0.717, 1.165) is 19.8 Å². The molecular formula is C11H9Br2ClN2S. The second-order valence-corrected chi connectivity index (χ2v) is 7.27. The summed E-state index contributed by atoms with van der Waals surface area (Å²) in [5, 5.41) is 0.894. The lowest BCUT2D eigenvalue weighted by Crippen LogP contribution is -2.13. The Morgan fingerprint density at radius 1 is 1.35 bits per heavy atom. The number of benzene rings is 1. The number of halogens is 3. The van der Waals surface area contributed by atoms with Gasteiger partial charge in [0.15, 0.2) is 0 Å². The molecule has 0 bridgehead atoms. The first-order chi connectivity index (χ1) is 7.79. The zero-order chi connectivity index (χ0) is 12.8. The van der Waals surface area contributed by atoms with E-state index in [1.54, 1.807) is 0 Å². The van der Waals surface area contributed by atoms with Crippen molar-refractivity contribution >= 4 is 66.6 Å². The SMILES string of the molecule is CC(C)(Cl)c1nc(=S)c2cc(Br)cc(Br)c2[nH]1. The molecule has 0 aliphatic rings. The summed E-state index contributed by atoms with van der Waals surface area (Å²) in [4.78, 5) is 6.99. The summed E-state index contributed by atoms with van der Waals surface area (Å²) in [7, 11) is 0. The Bertz CT molecular complexity index is 646. The van der Waals surface area contributed by atoms with E-state index in [0.29, 0.717) is 10.5 Å². The molecule has 2 rings (SSSR count). The van der Waals surface area contributed by atoms with Gasteiger partial charge in [0.05, 0.1) is 10.4 Å². The molecule has 17 heavy (non-hydrogen) atoms. The predicted octanol–water partition coefficient (Wildman–Crippen LogP) is 5.29. The number of hydrogen-bond acceptors (Lipinski definition) is 2. The molecule has 0 spiro atoms. The van der Waals surface area contributed by atoms with Crippen molar-refractivity contribution in [3.63, 3.8) is 0 Å². The van der Waals surface area contributed by atoms with Gasteiger partial charge in [-0.25, -0.2) is 4.98 Å². The molecule has 0 radical (unpaired) electrons. The molecule has 6 heteroatoms. The fourth-order valence-corrected chi connectivity index (χ4v) is 3.13. The smallest absolute Gasteiger partial charge is 0.137 e. The quantitative estimate of drug-likeness (QED) is 0.524.